The van der Waals surface area contributed by atoms with Gasteiger partial charge in [0.25, 0.3) is 5.91 Å². The molecule has 4 rings (SSSR count). The van der Waals surface area contributed by atoms with Crippen LogP contribution in [0.4, 0.5) is 0 Å². The molecule has 0 saturated carbocycles. The number of benzene rings is 3. The summed E-state index contributed by atoms with van der Waals surface area (Å²) in [6.07, 6.45) is 4.77. The number of carbonyl (C=O) groups is 1. The van der Waals surface area contributed by atoms with Crippen LogP contribution in [0.5, 0.6) is 5.75 Å². The smallest absolute Gasteiger partial charge is 0.252 e. The second-order valence-corrected chi connectivity index (χ2v) is 9.65. The summed E-state index contributed by atoms with van der Waals surface area (Å²) in [7, 11) is 0. The maximum atomic E-state index is 12.3. The Bertz CT molecular complexity index is 1290. The molecule has 0 fully saturated rings. The van der Waals surface area contributed by atoms with E-state index in [9.17, 15) is 4.79 Å². The molecule has 0 unspecified atom stereocenters. The summed E-state index contributed by atoms with van der Waals surface area (Å²) in [5.74, 6) is 1.93. The SMILES string of the molecule is Cc1cc(C)cc(OCCCn2c(CCCCCNC(=O)c3ccccc3Cl)nc3ccccc32)c1. The first-order valence-electron chi connectivity index (χ1n) is 12.7. The molecule has 1 N–H and O–H groups in total. The van der Waals surface area contributed by atoms with Crippen molar-refractivity contribution in [3.8, 4) is 5.75 Å². The third kappa shape index (κ3) is 6.88. The highest BCUT2D eigenvalue weighted by Gasteiger charge is 2.11. The monoisotopic (exact) mass is 503 g/mol. The molecule has 1 aromatic heterocycles. The quantitative estimate of drug-likeness (QED) is 0.213. The molecule has 3 aromatic carbocycles. The molecule has 4 aromatic rings. The van der Waals surface area contributed by atoms with E-state index in [0.717, 1.165) is 55.7 Å². The van der Waals surface area contributed by atoms with Crippen LogP contribution in [0.15, 0.2) is 66.7 Å². The van der Waals surface area contributed by atoms with Crippen molar-refractivity contribution in [3.63, 3.8) is 0 Å². The minimum atomic E-state index is -0.120. The van der Waals surface area contributed by atoms with Crippen molar-refractivity contribution in [1.82, 2.24) is 14.9 Å². The van der Waals surface area contributed by atoms with E-state index in [1.165, 1.54) is 16.6 Å². The van der Waals surface area contributed by atoms with Gasteiger partial charge < -0.3 is 14.6 Å². The summed E-state index contributed by atoms with van der Waals surface area (Å²) in [6.45, 7) is 6.36. The molecule has 0 aliphatic heterocycles. The molecule has 188 valence electrons. The zero-order valence-corrected chi connectivity index (χ0v) is 21.9. The van der Waals surface area contributed by atoms with Crippen LogP contribution in [-0.2, 0) is 13.0 Å². The fourth-order valence-corrected chi connectivity index (χ4v) is 4.74. The van der Waals surface area contributed by atoms with E-state index < -0.39 is 0 Å². The summed E-state index contributed by atoms with van der Waals surface area (Å²) in [6, 6.07) is 21.8. The summed E-state index contributed by atoms with van der Waals surface area (Å²) < 4.78 is 8.36. The summed E-state index contributed by atoms with van der Waals surface area (Å²) in [4.78, 5) is 17.2. The average Bonchev–Trinajstić information content (AvgIpc) is 3.21. The summed E-state index contributed by atoms with van der Waals surface area (Å²) in [5, 5.41) is 3.45. The lowest BCUT2D eigenvalue weighted by atomic mass is 10.1. The topological polar surface area (TPSA) is 56.1 Å². The number of unbranched alkanes of at least 4 members (excludes halogenated alkanes) is 2. The van der Waals surface area contributed by atoms with Crippen molar-refractivity contribution in [3.05, 3.63) is 94.3 Å². The van der Waals surface area contributed by atoms with Crippen LogP contribution in [-0.4, -0.2) is 28.6 Å². The van der Waals surface area contributed by atoms with E-state index in [4.69, 9.17) is 21.3 Å². The molecule has 1 amide bonds. The number of fused-ring (bicyclic) bond motifs is 1. The molecular weight excluding hydrogens is 470 g/mol. The van der Waals surface area contributed by atoms with Gasteiger partial charge in [-0.1, -0.05) is 48.4 Å². The lowest BCUT2D eigenvalue weighted by Crippen LogP contribution is -2.24. The Kier molecular flexibility index (Phi) is 9.01. The third-order valence-corrected chi connectivity index (χ3v) is 6.53. The number of aromatic nitrogens is 2. The van der Waals surface area contributed by atoms with Crippen LogP contribution >= 0.6 is 11.6 Å². The average molecular weight is 504 g/mol. The van der Waals surface area contributed by atoms with Gasteiger partial charge in [-0.25, -0.2) is 4.98 Å². The fraction of sp³-hybridized carbons (Fsp3) is 0.333. The lowest BCUT2D eigenvalue weighted by molar-refractivity contribution is 0.0953. The molecule has 0 bridgehead atoms. The molecule has 36 heavy (non-hydrogen) atoms. The highest BCUT2D eigenvalue weighted by molar-refractivity contribution is 6.33. The number of rotatable bonds is 12. The van der Waals surface area contributed by atoms with Crippen LogP contribution in [0.1, 0.15) is 53.0 Å². The molecule has 0 radical (unpaired) electrons. The van der Waals surface area contributed by atoms with Gasteiger partial charge in [0.15, 0.2) is 0 Å². The van der Waals surface area contributed by atoms with Gasteiger partial charge in [-0.05, 0) is 80.6 Å². The number of carbonyl (C=O) groups excluding carboxylic acids is 1. The van der Waals surface area contributed by atoms with Gasteiger partial charge in [0, 0.05) is 19.5 Å². The molecular formula is C30H34ClN3O2. The van der Waals surface area contributed by atoms with E-state index in [2.05, 4.69) is 60.1 Å². The largest absolute Gasteiger partial charge is 0.494 e. The van der Waals surface area contributed by atoms with Gasteiger partial charge >= 0.3 is 0 Å². The van der Waals surface area contributed by atoms with Crippen molar-refractivity contribution >= 4 is 28.5 Å². The first-order chi connectivity index (χ1) is 17.5. The van der Waals surface area contributed by atoms with Crippen LogP contribution in [0.25, 0.3) is 11.0 Å². The van der Waals surface area contributed by atoms with Crippen LogP contribution in [0.2, 0.25) is 5.02 Å². The predicted octanol–water partition coefficient (Wildman–Crippen LogP) is 6.92. The second kappa shape index (κ2) is 12.6. The minimum Gasteiger partial charge on any atom is -0.494 e. The summed E-state index contributed by atoms with van der Waals surface area (Å²) >= 11 is 6.11. The number of amides is 1. The first kappa shape index (κ1) is 25.8. The standard InChI is InChI=1S/C30H34ClN3O2/c1-22-19-23(2)21-24(20-22)36-18-10-17-34-28-14-8-7-13-27(28)33-29(34)15-4-3-9-16-32-30(35)25-11-5-6-12-26(25)31/h5-8,11-14,19-21H,3-4,9-10,15-18H2,1-2H3,(H,32,35). The van der Waals surface area contributed by atoms with Crippen molar-refractivity contribution in [2.75, 3.05) is 13.2 Å². The van der Waals surface area contributed by atoms with E-state index >= 15 is 0 Å². The first-order valence-corrected chi connectivity index (χ1v) is 13.1. The van der Waals surface area contributed by atoms with Gasteiger partial charge in [-0.3, -0.25) is 4.79 Å². The van der Waals surface area contributed by atoms with Gasteiger partial charge in [0.1, 0.15) is 11.6 Å². The molecule has 1 heterocycles. The molecule has 0 spiro atoms. The van der Waals surface area contributed by atoms with E-state index in [1.807, 2.05) is 18.2 Å². The van der Waals surface area contributed by atoms with Gasteiger partial charge in [0.2, 0.25) is 0 Å². The van der Waals surface area contributed by atoms with Crippen molar-refractivity contribution in [1.29, 1.82) is 0 Å². The maximum Gasteiger partial charge on any atom is 0.252 e. The van der Waals surface area contributed by atoms with Crippen molar-refractivity contribution in [2.45, 2.75) is 52.5 Å². The van der Waals surface area contributed by atoms with Crippen LogP contribution in [0, 0.1) is 13.8 Å². The van der Waals surface area contributed by atoms with Crippen molar-refractivity contribution < 1.29 is 9.53 Å². The Balaban J connectivity index is 1.26. The zero-order chi connectivity index (χ0) is 25.3. The molecule has 0 aliphatic carbocycles. The zero-order valence-electron chi connectivity index (χ0n) is 21.1. The third-order valence-electron chi connectivity index (χ3n) is 6.20. The van der Waals surface area contributed by atoms with Crippen molar-refractivity contribution in [2.24, 2.45) is 0 Å². The van der Waals surface area contributed by atoms with Crippen LogP contribution < -0.4 is 10.1 Å². The molecule has 5 nitrogen and oxygen atoms in total. The van der Waals surface area contributed by atoms with Crippen LogP contribution in [0.3, 0.4) is 0 Å². The number of hydrogen-bond acceptors (Lipinski definition) is 3. The van der Waals surface area contributed by atoms with E-state index in [1.54, 1.807) is 12.1 Å². The van der Waals surface area contributed by atoms with E-state index in [0.29, 0.717) is 23.7 Å². The summed E-state index contributed by atoms with van der Waals surface area (Å²) in [5.41, 5.74) is 5.17. The highest BCUT2D eigenvalue weighted by Crippen LogP contribution is 2.20. The predicted molar refractivity (Wildman–Crippen MR) is 147 cm³/mol. The number of para-hydroxylation sites is 2. The second-order valence-electron chi connectivity index (χ2n) is 9.24. The Morgan fingerprint density at radius 3 is 2.50 bits per heavy atom. The maximum absolute atomic E-state index is 12.3. The lowest BCUT2D eigenvalue weighted by Gasteiger charge is -2.11. The Labute approximate surface area is 218 Å². The number of imidazole rings is 1. The number of nitrogens with zero attached hydrogens (tertiary/aromatic N) is 2. The minimum absolute atomic E-state index is 0.120. The highest BCUT2D eigenvalue weighted by atomic mass is 35.5. The number of aryl methyl sites for hydroxylation is 4. The number of halogens is 1. The van der Waals surface area contributed by atoms with Gasteiger partial charge in [0.05, 0.1) is 28.2 Å². The molecule has 0 saturated heterocycles. The van der Waals surface area contributed by atoms with Gasteiger partial charge in [-0.15, -0.1) is 0 Å². The Morgan fingerprint density at radius 2 is 1.69 bits per heavy atom. The van der Waals surface area contributed by atoms with Gasteiger partial charge in [-0.2, -0.15) is 0 Å². The Morgan fingerprint density at radius 1 is 0.944 bits per heavy atom. The molecule has 0 aliphatic rings. The number of ether oxygens (including phenoxy) is 1. The van der Waals surface area contributed by atoms with E-state index in [-0.39, 0.29) is 5.91 Å². The molecule has 6 heteroatoms. The normalized spacial score (nSPS) is 11.1. The molecule has 0 atom stereocenters. The Hall–Kier alpha value is -3.31. The fourth-order valence-electron chi connectivity index (χ4n) is 4.52. The number of nitrogens with one attached hydrogen (secondary N) is 1. The number of hydrogen-bond donors (Lipinski definition) is 1.